The van der Waals surface area contributed by atoms with Crippen LogP contribution in [0.2, 0.25) is 0 Å². The minimum atomic E-state index is -1.61. The van der Waals surface area contributed by atoms with E-state index >= 15 is 0 Å². The third kappa shape index (κ3) is 3.19. The number of epoxide rings is 1. The lowest BCUT2D eigenvalue weighted by atomic mass is 9.37. The summed E-state index contributed by atoms with van der Waals surface area (Å²) in [5, 5.41) is 23.9. The van der Waals surface area contributed by atoms with Gasteiger partial charge in [0.05, 0.1) is 36.4 Å². The standard InChI is InChI=1S/C28H36O10/c1-14(29)36-19-12-20(31)37-24(2,3)17-11-18(30)27(6)16(26(17,19)5)7-9-25(4,21(32)15-8-10-35-13-15)28(27)22(38-28)23(33)34/h8,10,13,16-17,19,21-22,32H,7,9,11-12H2,1-6H3,(H,33,34)/p-1/t16-,17+,19+,21+,22?,25+,26-,27+,28?/m1/s1. The van der Waals surface area contributed by atoms with Crippen molar-refractivity contribution in [1.29, 1.82) is 0 Å². The molecule has 3 heterocycles. The van der Waals surface area contributed by atoms with E-state index in [1.165, 1.54) is 19.5 Å². The fourth-order valence-electron chi connectivity index (χ4n) is 8.89. The maximum absolute atomic E-state index is 14.3. The maximum atomic E-state index is 14.3. The fraction of sp³-hybridized carbons (Fsp3) is 0.714. The summed E-state index contributed by atoms with van der Waals surface area (Å²) < 4.78 is 22.8. The smallest absolute Gasteiger partial charge is 0.310 e. The number of Topliss-reactive ketones (excluding diaryl/α,β-unsaturated/α-hetero) is 1. The van der Waals surface area contributed by atoms with Crippen molar-refractivity contribution in [1.82, 2.24) is 0 Å². The van der Waals surface area contributed by atoms with Crippen LogP contribution in [-0.2, 0) is 33.4 Å². The summed E-state index contributed by atoms with van der Waals surface area (Å²) in [7, 11) is 0. The quantitative estimate of drug-likeness (QED) is 0.449. The second kappa shape index (κ2) is 8.14. The van der Waals surface area contributed by atoms with E-state index in [-0.39, 0.29) is 18.6 Å². The van der Waals surface area contributed by atoms with Crippen LogP contribution in [0.3, 0.4) is 0 Å². The van der Waals surface area contributed by atoms with Crippen molar-refractivity contribution in [3.63, 3.8) is 0 Å². The van der Waals surface area contributed by atoms with Gasteiger partial charge in [0.2, 0.25) is 0 Å². The molecular weight excluding hydrogens is 496 g/mol. The van der Waals surface area contributed by atoms with Crippen LogP contribution in [0.25, 0.3) is 0 Å². The van der Waals surface area contributed by atoms with E-state index in [1.54, 1.807) is 33.8 Å². The number of hydrogen-bond donors (Lipinski definition) is 1. The normalized spacial score (nSPS) is 44.3. The Morgan fingerprint density at radius 3 is 2.37 bits per heavy atom. The number of ketones is 1. The number of rotatable bonds is 4. The molecule has 208 valence electrons. The summed E-state index contributed by atoms with van der Waals surface area (Å²) in [6, 6.07) is 1.60. The van der Waals surface area contributed by atoms with Crippen molar-refractivity contribution in [3.8, 4) is 0 Å². The predicted molar refractivity (Wildman–Crippen MR) is 127 cm³/mol. The number of carboxylic acid groups (broad SMARTS) is 1. The third-order valence-electron chi connectivity index (χ3n) is 10.6. The fourth-order valence-corrected chi connectivity index (χ4v) is 8.89. The molecule has 2 aliphatic carbocycles. The van der Waals surface area contributed by atoms with E-state index in [9.17, 15) is 29.4 Å². The molecular formula is C28H35O10-. The van der Waals surface area contributed by atoms with Crippen LogP contribution in [0.5, 0.6) is 0 Å². The summed E-state index contributed by atoms with van der Waals surface area (Å²) in [6.45, 7) is 10.1. The Bertz CT molecular complexity index is 1190. The Morgan fingerprint density at radius 1 is 1.13 bits per heavy atom. The van der Waals surface area contributed by atoms with Gasteiger partial charge in [-0.25, -0.2) is 0 Å². The summed E-state index contributed by atoms with van der Waals surface area (Å²) >= 11 is 0. The zero-order chi connectivity index (χ0) is 28.1. The molecule has 2 saturated carbocycles. The molecule has 0 bridgehead atoms. The number of carbonyl (C=O) groups excluding carboxylic acids is 4. The highest BCUT2D eigenvalue weighted by Gasteiger charge is 2.85. The minimum Gasteiger partial charge on any atom is -0.547 e. The van der Waals surface area contributed by atoms with E-state index in [0.29, 0.717) is 18.4 Å². The molecule has 10 nitrogen and oxygen atoms in total. The summed E-state index contributed by atoms with van der Waals surface area (Å²) in [6.07, 6.45) is -0.296. The van der Waals surface area contributed by atoms with Gasteiger partial charge < -0.3 is 33.6 Å². The van der Waals surface area contributed by atoms with E-state index in [4.69, 9.17) is 18.6 Å². The Balaban J connectivity index is 1.72. The van der Waals surface area contributed by atoms with Crippen LogP contribution in [0.15, 0.2) is 23.0 Å². The second-order valence-corrected chi connectivity index (χ2v) is 12.6. The van der Waals surface area contributed by atoms with Gasteiger partial charge in [0.25, 0.3) is 0 Å². The summed E-state index contributed by atoms with van der Waals surface area (Å²) in [5.41, 5.74) is -5.79. The van der Waals surface area contributed by atoms with Crippen molar-refractivity contribution < 1.29 is 48.0 Å². The highest BCUT2D eigenvalue weighted by atomic mass is 16.6. The molecule has 2 unspecified atom stereocenters. The second-order valence-electron chi connectivity index (χ2n) is 12.6. The molecule has 1 aromatic heterocycles. The van der Waals surface area contributed by atoms with Gasteiger partial charge in [0, 0.05) is 35.7 Å². The molecule has 2 saturated heterocycles. The predicted octanol–water partition coefficient (Wildman–Crippen LogP) is 1.88. The molecule has 1 aromatic rings. The summed E-state index contributed by atoms with van der Waals surface area (Å²) in [4.78, 5) is 51.8. The van der Waals surface area contributed by atoms with Crippen LogP contribution < -0.4 is 5.11 Å². The zero-order valence-corrected chi connectivity index (χ0v) is 22.6. The number of esters is 2. The Morgan fingerprint density at radius 2 is 1.82 bits per heavy atom. The number of fused-ring (bicyclic) bond motifs is 4. The first kappa shape index (κ1) is 26.9. The molecule has 1 N–H and O–H groups in total. The molecule has 9 atom stereocenters. The average Bonchev–Trinajstić information content (AvgIpc) is 3.38. The SMILES string of the molecule is CC(=O)O[C@H]1CC(=O)OC(C)(C)[C@@H]2CC(=O)[C@]3(C)[C@H](CC[C@@](C)([C@@H](O)c4ccoc4)C34OC4C(=O)[O-])[C@@]12C. The van der Waals surface area contributed by atoms with Gasteiger partial charge in [-0.15, -0.1) is 0 Å². The van der Waals surface area contributed by atoms with Crippen LogP contribution in [0.1, 0.15) is 78.9 Å². The van der Waals surface area contributed by atoms with Crippen molar-refractivity contribution in [2.45, 2.75) is 96.7 Å². The van der Waals surface area contributed by atoms with Gasteiger partial charge in [0.15, 0.2) is 0 Å². The monoisotopic (exact) mass is 531 g/mol. The Hall–Kier alpha value is -2.72. The first-order valence-corrected chi connectivity index (χ1v) is 13.1. The van der Waals surface area contributed by atoms with Gasteiger partial charge in [-0.3, -0.25) is 14.4 Å². The van der Waals surface area contributed by atoms with Gasteiger partial charge in [-0.05, 0) is 45.6 Å². The third-order valence-corrected chi connectivity index (χ3v) is 10.6. The van der Waals surface area contributed by atoms with Crippen LogP contribution in [0.4, 0.5) is 0 Å². The molecule has 0 aromatic carbocycles. The first-order chi connectivity index (χ1) is 17.6. The molecule has 1 spiro atoms. The van der Waals surface area contributed by atoms with Gasteiger partial charge in [0.1, 0.15) is 29.2 Å². The molecule has 0 radical (unpaired) electrons. The van der Waals surface area contributed by atoms with Crippen molar-refractivity contribution >= 4 is 23.7 Å². The van der Waals surface area contributed by atoms with Crippen molar-refractivity contribution in [2.24, 2.45) is 28.1 Å². The number of ether oxygens (including phenoxy) is 3. The first-order valence-electron chi connectivity index (χ1n) is 13.1. The number of aliphatic hydroxyl groups is 1. The number of cyclic esters (lactones) is 1. The average molecular weight is 532 g/mol. The van der Waals surface area contributed by atoms with Gasteiger partial charge in [-0.1, -0.05) is 13.8 Å². The van der Waals surface area contributed by atoms with E-state index in [2.05, 4.69) is 0 Å². The number of hydrogen-bond acceptors (Lipinski definition) is 10. The number of carbonyl (C=O) groups is 4. The van der Waals surface area contributed by atoms with Crippen LogP contribution >= 0.6 is 0 Å². The van der Waals surface area contributed by atoms with Crippen LogP contribution in [0, 0.1) is 28.1 Å². The van der Waals surface area contributed by atoms with E-state index in [1.807, 2.05) is 6.92 Å². The number of aliphatic hydroxyl groups excluding tert-OH is 1. The molecule has 10 heteroatoms. The van der Waals surface area contributed by atoms with Crippen LogP contribution in [-0.4, -0.2) is 52.2 Å². The minimum absolute atomic E-state index is 0.0513. The zero-order valence-electron chi connectivity index (χ0n) is 22.6. The van der Waals surface area contributed by atoms with Gasteiger partial charge in [-0.2, -0.15) is 0 Å². The molecule has 5 rings (SSSR count). The van der Waals surface area contributed by atoms with Crippen molar-refractivity contribution in [3.05, 3.63) is 24.2 Å². The lowest BCUT2D eigenvalue weighted by Gasteiger charge is -2.65. The highest BCUT2D eigenvalue weighted by Crippen LogP contribution is 2.76. The van der Waals surface area contributed by atoms with E-state index < -0.39 is 75.5 Å². The number of carboxylic acids is 1. The highest BCUT2D eigenvalue weighted by molar-refractivity contribution is 5.92. The molecule has 0 amide bonds. The van der Waals surface area contributed by atoms with Crippen molar-refractivity contribution in [2.75, 3.05) is 0 Å². The van der Waals surface area contributed by atoms with Gasteiger partial charge >= 0.3 is 11.9 Å². The largest absolute Gasteiger partial charge is 0.547 e. The Kier molecular flexibility index (Phi) is 5.76. The lowest BCUT2D eigenvalue weighted by Crippen LogP contribution is -2.72. The molecule has 4 aliphatic rings. The molecule has 38 heavy (non-hydrogen) atoms. The summed E-state index contributed by atoms with van der Waals surface area (Å²) in [5.74, 6) is -3.89. The van der Waals surface area contributed by atoms with E-state index in [0.717, 1.165) is 0 Å². The maximum Gasteiger partial charge on any atom is 0.310 e. The molecule has 4 fully saturated rings. The Labute approximate surface area is 221 Å². The molecule has 2 aliphatic heterocycles. The topological polar surface area (TPSA) is 156 Å². The lowest BCUT2D eigenvalue weighted by molar-refractivity contribution is -0.307. The number of furan rings is 1. The number of aliphatic carboxylic acids is 1.